The average Bonchev–Trinajstić information content (AvgIpc) is 2.67. The molecule has 2 heterocycles. The topological polar surface area (TPSA) is 62.3 Å². The average molecular weight is 298 g/mol. The molecule has 1 unspecified atom stereocenters. The fraction of sp³-hybridized carbons (Fsp3) is 0.364. The summed E-state index contributed by atoms with van der Waals surface area (Å²) < 4.78 is 0. The molecule has 2 rings (SSSR count). The molecule has 1 aromatic rings. The van der Waals surface area contributed by atoms with Gasteiger partial charge in [0, 0.05) is 31.0 Å². The largest absolute Gasteiger partial charge is 0.355 e. The molecular formula is C11H12BrN3O2. The lowest BCUT2D eigenvalue weighted by atomic mass is 10.2. The summed E-state index contributed by atoms with van der Waals surface area (Å²) in [6, 6.07) is 3.34. The van der Waals surface area contributed by atoms with Crippen molar-refractivity contribution in [3.63, 3.8) is 0 Å². The first kappa shape index (κ1) is 12.0. The van der Waals surface area contributed by atoms with E-state index in [1.165, 1.54) is 0 Å². The number of amides is 2. The number of halogens is 1. The molecule has 0 saturated carbocycles. The molecule has 1 saturated heterocycles. The minimum absolute atomic E-state index is 0.0178. The van der Waals surface area contributed by atoms with Crippen LogP contribution in [0.1, 0.15) is 16.8 Å². The van der Waals surface area contributed by atoms with E-state index < -0.39 is 0 Å². The van der Waals surface area contributed by atoms with E-state index in [0.717, 1.165) is 0 Å². The van der Waals surface area contributed by atoms with E-state index in [4.69, 9.17) is 0 Å². The molecule has 1 N–H and O–H groups in total. The number of carbonyl (C=O) groups is 2. The van der Waals surface area contributed by atoms with Crippen molar-refractivity contribution in [3.05, 3.63) is 23.9 Å². The molecule has 0 spiro atoms. The molecule has 1 aromatic heterocycles. The predicted octanol–water partition coefficient (Wildman–Crippen LogP) is 0.941. The molecule has 2 amide bonds. The number of rotatable bonds is 2. The van der Waals surface area contributed by atoms with E-state index in [-0.39, 0.29) is 16.6 Å². The van der Waals surface area contributed by atoms with Gasteiger partial charge in [0.25, 0.3) is 5.91 Å². The summed E-state index contributed by atoms with van der Waals surface area (Å²) >= 11 is 3.40. The van der Waals surface area contributed by atoms with Gasteiger partial charge in [-0.05, 0) is 12.1 Å². The normalized spacial score (nSPS) is 19.5. The lowest BCUT2D eigenvalue weighted by Gasteiger charge is -2.17. The van der Waals surface area contributed by atoms with Gasteiger partial charge in [0.1, 0.15) is 5.82 Å². The summed E-state index contributed by atoms with van der Waals surface area (Å²) in [7, 11) is 1.55. The van der Waals surface area contributed by atoms with Gasteiger partial charge in [-0.15, -0.1) is 0 Å². The van der Waals surface area contributed by atoms with Crippen LogP contribution in [0.2, 0.25) is 0 Å². The van der Waals surface area contributed by atoms with Gasteiger partial charge in [-0.3, -0.25) is 14.5 Å². The lowest BCUT2D eigenvalue weighted by molar-refractivity contribution is -0.117. The Hall–Kier alpha value is -1.43. The molecular weight excluding hydrogens is 286 g/mol. The zero-order chi connectivity index (χ0) is 12.4. The maximum atomic E-state index is 11.8. The van der Waals surface area contributed by atoms with Crippen LogP contribution in [-0.2, 0) is 4.79 Å². The zero-order valence-corrected chi connectivity index (χ0v) is 10.9. The van der Waals surface area contributed by atoms with Gasteiger partial charge < -0.3 is 5.32 Å². The van der Waals surface area contributed by atoms with Crippen LogP contribution < -0.4 is 10.2 Å². The summed E-state index contributed by atoms with van der Waals surface area (Å²) in [5.41, 5.74) is 0.421. The summed E-state index contributed by atoms with van der Waals surface area (Å²) in [4.78, 5) is 29.3. The van der Waals surface area contributed by atoms with Crippen molar-refractivity contribution in [1.82, 2.24) is 10.3 Å². The van der Waals surface area contributed by atoms with Crippen LogP contribution in [0.5, 0.6) is 0 Å². The third kappa shape index (κ3) is 2.31. The molecule has 1 aliphatic heterocycles. The van der Waals surface area contributed by atoms with Crippen molar-refractivity contribution in [2.45, 2.75) is 11.2 Å². The minimum Gasteiger partial charge on any atom is -0.355 e. The van der Waals surface area contributed by atoms with Crippen LogP contribution in [0.15, 0.2) is 18.3 Å². The van der Waals surface area contributed by atoms with E-state index in [0.29, 0.717) is 24.3 Å². The number of nitrogens with zero attached hydrogens (tertiary/aromatic N) is 2. The third-order valence-corrected chi connectivity index (χ3v) is 3.21. The number of hydrogen-bond donors (Lipinski definition) is 1. The zero-order valence-electron chi connectivity index (χ0n) is 9.31. The lowest BCUT2D eigenvalue weighted by Crippen LogP contribution is -2.29. The second kappa shape index (κ2) is 4.83. The van der Waals surface area contributed by atoms with E-state index in [1.54, 1.807) is 30.3 Å². The van der Waals surface area contributed by atoms with Crippen LogP contribution >= 0.6 is 15.9 Å². The molecule has 1 atom stereocenters. The molecule has 17 heavy (non-hydrogen) atoms. The van der Waals surface area contributed by atoms with Gasteiger partial charge in [0.2, 0.25) is 5.91 Å². The SMILES string of the molecule is CNC(=O)c1cccnc1N1CC(Br)CC1=O. The Bertz CT molecular complexity index is 464. The maximum absolute atomic E-state index is 11.8. The second-order valence-electron chi connectivity index (χ2n) is 3.76. The van der Waals surface area contributed by atoms with Crippen molar-refractivity contribution in [2.75, 3.05) is 18.5 Å². The molecule has 0 aliphatic carbocycles. The Balaban J connectivity index is 2.38. The van der Waals surface area contributed by atoms with Gasteiger partial charge in [0.15, 0.2) is 0 Å². The number of carbonyl (C=O) groups excluding carboxylic acids is 2. The first-order valence-corrected chi connectivity index (χ1v) is 6.16. The summed E-state index contributed by atoms with van der Waals surface area (Å²) in [5.74, 6) is 0.174. The van der Waals surface area contributed by atoms with E-state index >= 15 is 0 Å². The van der Waals surface area contributed by atoms with Crippen molar-refractivity contribution in [1.29, 1.82) is 0 Å². The van der Waals surface area contributed by atoms with Gasteiger partial charge in [0.05, 0.1) is 5.56 Å². The van der Waals surface area contributed by atoms with E-state index in [2.05, 4.69) is 26.2 Å². The quantitative estimate of drug-likeness (QED) is 0.827. The van der Waals surface area contributed by atoms with Crippen LogP contribution in [0.25, 0.3) is 0 Å². The standard InChI is InChI=1S/C11H12BrN3O2/c1-13-11(17)8-3-2-4-14-10(8)15-6-7(12)5-9(15)16/h2-4,7H,5-6H2,1H3,(H,13,17). The van der Waals surface area contributed by atoms with Crippen LogP contribution in [-0.4, -0.2) is 35.2 Å². The Morgan fingerprint density at radius 3 is 3.00 bits per heavy atom. The Morgan fingerprint density at radius 1 is 1.65 bits per heavy atom. The summed E-state index contributed by atoms with van der Waals surface area (Å²) in [6.07, 6.45) is 2.01. The fourth-order valence-corrected chi connectivity index (χ4v) is 2.36. The van der Waals surface area contributed by atoms with Crippen LogP contribution in [0, 0.1) is 0 Å². The molecule has 0 aromatic carbocycles. The number of aromatic nitrogens is 1. The molecule has 5 nitrogen and oxygen atoms in total. The highest BCUT2D eigenvalue weighted by Crippen LogP contribution is 2.26. The van der Waals surface area contributed by atoms with E-state index in [9.17, 15) is 9.59 Å². The highest BCUT2D eigenvalue weighted by atomic mass is 79.9. The fourth-order valence-electron chi connectivity index (χ4n) is 1.79. The molecule has 0 radical (unpaired) electrons. The molecule has 90 valence electrons. The number of anilines is 1. The summed E-state index contributed by atoms with van der Waals surface area (Å²) in [5, 5.41) is 2.54. The molecule has 1 fully saturated rings. The van der Waals surface area contributed by atoms with Crippen molar-refractivity contribution in [2.24, 2.45) is 0 Å². The predicted molar refractivity (Wildman–Crippen MR) is 67.3 cm³/mol. The van der Waals surface area contributed by atoms with Gasteiger partial charge in [-0.2, -0.15) is 0 Å². The summed E-state index contributed by atoms with van der Waals surface area (Å²) in [6.45, 7) is 0.542. The van der Waals surface area contributed by atoms with Crippen LogP contribution in [0.4, 0.5) is 5.82 Å². The highest BCUT2D eigenvalue weighted by Gasteiger charge is 2.31. The number of hydrogen-bond acceptors (Lipinski definition) is 3. The monoisotopic (exact) mass is 297 g/mol. The van der Waals surface area contributed by atoms with Crippen LogP contribution in [0.3, 0.4) is 0 Å². The maximum Gasteiger partial charge on any atom is 0.254 e. The third-order valence-electron chi connectivity index (χ3n) is 2.59. The highest BCUT2D eigenvalue weighted by molar-refractivity contribution is 9.09. The molecule has 1 aliphatic rings. The van der Waals surface area contributed by atoms with Crippen molar-refractivity contribution >= 4 is 33.6 Å². The minimum atomic E-state index is -0.237. The molecule has 0 bridgehead atoms. The Kier molecular flexibility index (Phi) is 3.42. The Morgan fingerprint density at radius 2 is 2.41 bits per heavy atom. The van der Waals surface area contributed by atoms with Crippen molar-refractivity contribution < 1.29 is 9.59 Å². The smallest absolute Gasteiger partial charge is 0.254 e. The Labute approximate surface area is 107 Å². The first-order chi connectivity index (χ1) is 8.13. The second-order valence-corrected chi connectivity index (χ2v) is 5.05. The number of alkyl halides is 1. The van der Waals surface area contributed by atoms with Crippen molar-refractivity contribution in [3.8, 4) is 0 Å². The van der Waals surface area contributed by atoms with E-state index in [1.807, 2.05) is 0 Å². The molecule has 6 heteroatoms. The van der Waals surface area contributed by atoms with Gasteiger partial charge in [-0.1, -0.05) is 15.9 Å². The van der Waals surface area contributed by atoms with Gasteiger partial charge >= 0.3 is 0 Å². The first-order valence-electron chi connectivity index (χ1n) is 5.25. The number of nitrogens with one attached hydrogen (secondary N) is 1. The van der Waals surface area contributed by atoms with Gasteiger partial charge in [-0.25, -0.2) is 4.98 Å². The number of pyridine rings is 1.